The van der Waals surface area contributed by atoms with Crippen molar-refractivity contribution in [3.8, 4) is 0 Å². The lowest BCUT2D eigenvalue weighted by molar-refractivity contribution is 0.306. The lowest BCUT2D eigenvalue weighted by Gasteiger charge is -2.20. The number of likely N-dealkylation sites (N-methyl/N-ethyl adjacent to an activating group) is 1. The highest BCUT2D eigenvalue weighted by Crippen LogP contribution is 2.44. The SMILES string of the molecule is CN1[C@@H]2CC[C@H]1[C@H](c1ccccn1)C2. The molecule has 0 N–H and O–H groups in total. The minimum atomic E-state index is 0.694. The van der Waals surface area contributed by atoms with Gasteiger partial charge in [0.05, 0.1) is 0 Å². The Hall–Kier alpha value is -0.890. The molecule has 2 bridgehead atoms. The van der Waals surface area contributed by atoms with Crippen molar-refractivity contribution in [2.24, 2.45) is 0 Å². The van der Waals surface area contributed by atoms with Crippen LogP contribution in [0.1, 0.15) is 30.9 Å². The van der Waals surface area contributed by atoms with E-state index in [9.17, 15) is 0 Å². The molecule has 2 aliphatic rings. The van der Waals surface area contributed by atoms with Gasteiger partial charge in [0.15, 0.2) is 0 Å². The van der Waals surface area contributed by atoms with Gasteiger partial charge < -0.3 is 0 Å². The second-order valence-corrected chi connectivity index (χ2v) is 4.56. The lowest BCUT2D eigenvalue weighted by atomic mass is 9.86. The van der Waals surface area contributed by atoms with E-state index >= 15 is 0 Å². The minimum absolute atomic E-state index is 0.694. The van der Waals surface area contributed by atoms with Crippen LogP contribution in [0.3, 0.4) is 0 Å². The number of pyridine rings is 1. The maximum Gasteiger partial charge on any atom is 0.0450 e. The largest absolute Gasteiger partial charge is 0.300 e. The lowest BCUT2D eigenvalue weighted by Crippen LogP contribution is -2.25. The molecule has 0 saturated carbocycles. The molecule has 2 heteroatoms. The van der Waals surface area contributed by atoms with E-state index in [2.05, 4.69) is 29.1 Å². The summed E-state index contributed by atoms with van der Waals surface area (Å²) in [5, 5.41) is 0. The first-order valence-electron chi connectivity index (χ1n) is 5.49. The smallest absolute Gasteiger partial charge is 0.0450 e. The molecule has 0 unspecified atom stereocenters. The van der Waals surface area contributed by atoms with Gasteiger partial charge in [-0.1, -0.05) is 6.07 Å². The van der Waals surface area contributed by atoms with E-state index in [1.807, 2.05) is 12.3 Å². The Morgan fingerprint density at radius 1 is 1.36 bits per heavy atom. The number of aromatic nitrogens is 1. The predicted molar refractivity (Wildman–Crippen MR) is 56.2 cm³/mol. The monoisotopic (exact) mass is 188 g/mol. The van der Waals surface area contributed by atoms with Crippen molar-refractivity contribution in [2.45, 2.75) is 37.3 Å². The van der Waals surface area contributed by atoms with Gasteiger partial charge in [0.2, 0.25) is 0 Å². The quantitative estimate of drug-likeness (QED) is 0.670. The number of nitrogens with zero attached hydrogens (tertiary/aromatic N) is 2. The molecule has 3 atom stereocenters. The first kappa shape index (κ1) is 8.42. The first-order valence-corrected chi connectivity index (χ1v) is 5.49. The van der Waals surface area contributed by atoms with E-state index in [4.69, 9.17) is 0 Å². The molecule has 2 nitrogen and oxygen atoms in total. The maximum absolute atomic E-state index is 4.49. The number of fused-ring (bicyclic) bond motifs is 2. The zero-order valence-electron chi connectivity index (χ0n) is 8.56. The number of hydrogen-bond donors (Lipinski definition) is 0. The standard InChI is InChI=1S/C12H16N2/c1-14-9-5-6-12(14)10(8-9)11-4-2-3-7-13-11/h2-4,7,9-10,12H,5-6,8H2,1H3/t9-,10+,12+/m1/s1. The van der Waals surface area contributed by atoms with Crippen molar-refractivity contribution >= 4 is 0 Å². The van der Waals surface area contributed by atoms with Gasteiger partial charge >= 0.3 is 0 Å². The van der Waals surface area contributed by atoms with Crippen molar-refractivity contribution in [2.75, 3.05) is 7.05 Å². The van der Waals surface area contributed by atoms with Crippen LogP contribution in [0.5, 0.6) is 0 Å². The summed E-state index contributed by atoms with van der Waals surface area (Å²) in [5.74, 6) is 0.694. The van der Waals surface area contributed by atoms with Gasteiger partial charge in [-0.25, -0.2) is 0 Å². The molecule has 0 aromatic carbocycles. The van der Waals surface area contributed by atoms with Crippen molar-refractivity contribution in [3.63, 3.8) is 0 Å². The summed E-state index contributed by atoms with van der Waals surface area (Å²) in [6, 6.07) is 7.87. The van der Waals surface area contributed by atoms with E-state index in [0.717, 1.165) is 12.1 Å². The molecule has 0 spiro atoms. The zero-order valence-corrected chi connectivity index (χ0v) is 8.56. The van der Waals surface area contributed by atoms with Crippen LogP contribution in [-0.4, -0.2) is 29.0 Å². The Bertz CT molecular complexity index is 322. The normalized spacial score (nSPS) is 36.5. The molecule has 0 amide bonds. The zero-order chi connectivity index (χ0) is 9.54. The molecular formula is C12H16N2. The molecule has 1 aromatic heterocycles. The van der Waals surface area contributed by atoms with Crippen LogP contribution in [-0.2, 0) is 0 Å². The Morgan fingerprint density at radius 2 is 2.29 bits per heavy atom. The van der Waals surface area contributed by atoms with Crippen molar-refractivity contribution < 1.29 is 0 Å². The Morgan fingerprint density at radius 3 is 2.86 bits per heavy atom. The summed E-state index contributed by atoms with van der Waals surface area (Å²) in [7, 11) is 2.27. The second kappa shape index (κ2) is 3.06. The van der Waals surface area contributed by atoms with E-state index < -0.39 is 0 Å². The average molecular weight is 188 g/mol. The summed E-state index contributed by atoms with van der Waals surface area (Å²) < 4.78 is 0. The molecule has 0 radical (unpaired) electrons. The number of rotatable bonds is 1. The topological polar surface area (TPSA) is 16.1 Å². The van der Waals surface area contributed by atoms with Crippen LogP contribution in [0.25, 0.3) is 0 Å². The molecule has 14 heavy (non-hydrogen) atoms. The van der Waals surface area contributed by atoms with E-state index in [1.165, 1.54) is 25.0 Å². The fourth-order valence-electron chi connectivity index (χ4n) is 3.17. The third kappa shape index (κ3) is 1.10. The molecule has 2 saturated heterocycles. The Balaban J connectivity index is 1.89. The van der Waals surface area contributed by atoms with E-state index in [0.29, 0.717) is 5.92 Å². The van der Waals surface area contributed by atoms with Gasteiger partial charge in [0.25, 0.3) is 0 Å². The minimum Gasteiger partial charge on any atom is -0.300 e. The summed E-state index contributed by atoms with van der Waals surface area (Å²) in [4.78, 5) is 7.04. The summed E-state index contributed by atoms with van der Waals surface area (Å²) in [6.45, 7) is 0. The van der Waals surface area contributed by atoms with Crippen LogP contribution in [0.4, 0.5) is 0 Å². The molecular weight excluding hydrogens is 172 g/mol. The van der Waals surface area contributed by atoms with Crippen LogP contribution in [0, 0.1) is 0 Å². The average Bonchev–Trinajstić information content (AvgIpc) is 2.76. The molecule has 2 aliphatic heterocycles. The number of hydrogen-bond acceptors (Lipinski definition) is 2. The molecule has 74 valence electrons. The van der Waals surface area contributed by atoms with Crippen LogP contribution in [0.2, 0.25) is 0 Å². The molecule has 0 aliphatic carbocycles. The maximum atomic E-state index is 4.49. The molecule has 2 fully saturated rings. The fraction of sp³-hybridized carbons (Fsp3) is 0.583. The third-order valence-corrected chi connectivity index (χ3v) is 3.95. The van der Waals surface area contributed by atoms with Gasteiger partial charge in [-0.2, -0.15) is 0 Å². The highest BCUT2D eigenvalue weighted by molar-refractivity contribution is 5.18. The molecule has 1 aromatic rings. The molecule has 3 rings (SSSR count). The Kier molecular flexibility index (Phi) is 1.84. The van der Waals surface area contributed by atoms with Crippen LogP contribution >= 0.6 is 0 Å². The van der Waals surface area contributed by atoms with Gasteiger partial charge in [-0.3, -0.25) is 9.88 Å². The first-order chi connectivity index (χ1) is 6.86. The van der Waals surface area contributed by atoms with E-state index in [-0.39, 0.29) is 0 Å². The van der Waals surface area contributed by atoms with Crippen LogP contribution < -0.4 is 0 Å². The van der Waals surface area contributed by atoms with Crippen LogP contribution in [0.15, 0.2) is 24.4 Å². The van der Waals surface area contributed by atoms with Gasteiger partial charge in [0, 0.05) is 29.9 Å². The highest BCUT2D eigenvalue weighted by Gasteiger charge is 2.44. The molecule has 3 heterocycles. The van der Waals surface area contributed by atoms with Gasteiger partial charge in [0.1, 0.15) is 0 Å². The second-order valence-electron chi connectivity index (χ2n) is 4.56. The van der Waals surface area contributed by atoms with Gasteiger partial charge in [-0.15, -0.1) is 0 Å². The third-order valence-electron chi connectivity index (χ3n) is 3.95. The summed E-state index contributed by atoms with van der Waals surface area (Å²) in [6.07, 6.45) is 5.99. The fourth-order valence-corrected chi connectivity index (χ4v) is 3.17. The Labute approximate surface area is 85.0 Å². The summed E-state index contributed by atoms with van der Waals surface area (Å²) in [5.41, 5.74) is 1.30. The summed E-state index contributed by atoms with van der Waals surface area (Å²) >= 11 is 0. The van der Waals surface area contributed by atoms with Crippen molar-refractivity contribution in [3.05, 3.63) is 30.1 Å². The van der Waals surface area contributed by atoms with Crippen molar-refractivity contribution in [1.29, 1.82) is 0 Å². The van der Waals surface area contributed by atoms with Crippen molar-refractivity contribution in [1.82, 2.24) is 9.88 Å². The predicted octanol–water partition coefficient (Wildman–Crippen LogP) is 2.03. The highest BCUT2D eigenvalue weighted by atomic mass is 15.2. The van der Waals surface area contributed by atoms with Gasteiger partial charge in [-0.05, 0) is 38.4 Å². The van der Waals surface area contributed by atoms with E-state index in [1.54, 1.807) is 0 Å².